The van der Waals surface area contributed by atoms with Crippen molar-refractivity contribution in [1.29, 1.82) is 0 Å². The second kappa shape index (κ2) is 6.03. The fourth-order valence-corrected chi connectivity index (χ4v) is 2.42. The van der Waals surface area contributed by atoms with E-state index in [9.17, 15) is 0 Å². The maximum Gasteiger partial charge on any atom is 0.115 e. The number of hydrogen-bond acceptors (Lipinski definition) is 5. The number of nitrogens with one attached hydrogen (secondary N) is 1. The molecule has 5 nitrogen and oxygen atoms in total. The molecule has 0 spiro atoms. The molecule has 0 amide bonds. The molecule has 0 aliphatic rings. The number of benzene rings is 1. The van der Waals surface area contributed by atoms with E-state index >= 15 is 0 Å². The van der Waals surface area contributed by atoms with Gasteiger partial charge in [-0.15, -0.1) is 0 Å². The smallest absolute Gasteiger partial charge is 0.115 e. The van der Waals surface area contributed by atoms with Crippen molar-refractivity contribution in [3.63, 3.8) is 0 Å². The summed E-state index contributed by atoms with van der Waals surface area (Å²) in [6.45, 7) is 0.411. The number of halogens is 1. The predicted octanol–water partition coefficient (Wildman–Crippen LogP) is 2.79. The number of nitrogens with two attached hydrogens (primary N) is 1. The standard InChI is InChI=1S/C15H14ClN5/c16-11-3-4-13(15-10(11)2-1-6-19-15)21-14(8-17)12-5-7-18-9-20-12/h1-7,9,14,21H,8,17H2. The van der Waals surface area contributed by atoms with E-state index in [0.717, 1.165) is 22.3 Å². The van der Waals surface area contributed by atoms with Crippen molar-refractivity contribution in [3.05, 3.63) is 59.8 Å². The summed E-state index contributed by atoms with van der Waals surface area (Å²) < 4.78 is 0. The van der Waals surface area contributed by atoms with Crippen LogP contribution in [0.1, 0.15) is 11.7 Å². The highest BCUT2D eigenvalue weighted by molar-refractivity contribution is 6.35. The van der Waals surface area contributed by atoms with Crippen LogP contribution >= 0.6 is 11.6 Å². The molecule has 106 valence electrons. The zero-order valence-corrected chi connectivity index (χ0v) is 12.0. The summed E-state index contributed by atoms with van der Waals surface area (Å²) in [5, 5.41) is 4.96. The fraction of sp³-hybridized carbons (Fsp3) is 0.133. The van der Waals surface area contributed by atoms with Crippen LogP contribution in [0.15, 0.2) is 49.1 Å². The molecule has 0 bridgehead atoms. The SMILES string of the molecule is NCC(Nc1ccc(Cl)c2cccnc12)c1ccncn1. The van der Waals surface area contributed by atoms with Crippen LogP contribution in [0, 0.1) is 0 Å². The van der Waals surface area contributed by atoms with Crippen molar-refractivity contribution >= 4 is 28.2 Å². The number of fused-ring (bicyclic) bond motifs is 1. The van der Waals surface area contributed by atoms with Gasteiger partial charge >= 0.3 is 0 Å². The van der Waals surface area contributed by atoms with Crippen LogP contribution in [-0.2, 0) is 0 Å². The summed E-state index contributed by atoms with van der Waals surface area (Å²) in [6.07, 6.45) is 4.95. The van der Waals surface area contributed by atoms with E-state index in [1.54, 1.807) is 12.4 Å². The van der Waals surface area contributed by atoms with Gasteiger partial charge in [0.25, 0.3) is 0 Å². The lowest BCUT2D eigenvalue weighted by atomic mass is 10.1. The molecule has 3 N–H and O–H groups in total. The first-order valence-electron chi connectivity index (χ1n) is 6.55. The van der Waals surface area contributed by atoms with Gasteiger partial charge in [0.15, 0.2) is 0 Å². The van der Waals surface area contributed by atoms with Gasteiger partial charge in [0.2, 0.25) is 0 Å². The Kier molecular flexibility index (Phi) is 3.94. The molecule has 0 saturated heterocycles. The first kappa shape index (κ1) is 13.7. The Morgan fingerprint density at radius 2 is 2.05 bits per heavy atom. The minimum atomic E-state index is -0.112. The molecule has 2 heterocycles. The molecule has 0 radical (unpaired) electrons. The van der Waals surface area contributed by atoms with Crippen molar-refractivity contribution in [3.8, 4) is 0 Å². The molecule has 3 aromatic rings. The number of rotatable bonds is 4. The Hall–Kier alpha value is -2.24. The van der Waals surface area contributed by atoms with Crippen LogP contribution in [0.2, 0.25) is 5.02 Å². The molecule has 2 aromatic heterocycles. The van der Waals surface area contributed by atoms with Crippen molar-refractivity contribution in [2.24, 2.45) is 5.73 Å². The van der Waals surface area contributed by atoms with Crippen LogP contribution in [-0.4, -0.2) is 21.5 Å². The van der Waals surface area contributed by atoms with Gasteiger partial charge in [-0.1, -0.05) is 11.6 Å². The summed E-state index contributed by atoms with van der Waals surface area (Å²) >= 11 is 6.20. The molecular formula is C15H14ClN5. The highest BCUT2D eigenvalue weighted by atomic mass is 35.5. The Morgan fingerprint density at radius 1 is 1.14 bits per heavy atom. The minimum absolute atomic E-state index is 0.112. The van der Waals surface area contributed by atoms with E-state index < -0.39 is 0 Å². The molecule has 0 aliphatic heterocycles. The lowest BCUT2D eigenvalue weighted by Crippen LogP contribution is -2.21. The summed E-state index contributed by atoms with van der Waals surface area (Å²) in [7, 11) is 0. The second-order valence-corrected chi connectivity index (χ2v) is 4.97. The Bertz CT molecular complexity index is 747. The van der Waals surface area contributed by atoms with Gasteiger partial charge in [-0.3, -0.25) is 4.98 Å². The van der Waals surface area contributed by atoms with Crippen molar-refractivity contribution in [1.82, 2.24) is 15.0 Å². The average molecular weight is 300 g/mol. The molecule has 1 atom stereocenters. The maximum absolute atomic E-state index is 6.20. The van der Waals surface area contributed by atoms with Crippen LogP contribution in [0.4, 0.5) is 5.69 Å². The summed E-state index contributed by atoms with van der Waals surface area (Å²) in [5.74, 6) is 0. The largest absolute Gasteiger partial charge is 0.374 e. The zero-order chi connectivity index (χ0) is 14.7. The lowest BCUT2D eigenvalue weighted by Gasteiger charge is -2.18. The van der Waals surface area contributed by atoms with E-state index in [2.05, 4.69) is 20.3 Å². The topological polar surface area (TPSA) is 76.7 Å². The van der Waals surface area contributed by atoms with Crippen LogP contribution in [0.3, 0.4) is 0 Å². The third-order valence-corrected chi connectivity index (χ3v) is 3.57. The summed E-state index contributed by atoms with van der Waals surface area (Å²) in [4.78, 5) is 12.6. The molecule has 6 heteroatoms. The van der Waals surface area contributed by atoms with Gasteiger partial charge in [0.1, 0.15) is 6.33 Å². The summed E-state index contributed by atoms with van der Waals surface area (Å²) in [6, 6.07) is 9.29. The van der Waals surface area contributed by atoms with Gasteiger partial charge in [-0.2, -0.15) is 0 Å². The van der Waals surface area contributed by atoms with E-state index in [-0.39, 0.29) is 6.04 Å². The first-order valence-corrected chi connectivity index (χ1v) is 6.93. The number of hydrogen-bond donors (Lipinski definition) is 2. The summed E-state index contributed by atoms with van der Waals surface area (Å²) in [5.41, 5.74) is 8.39. The van der Waals surface area contributed by atoms with Gasteiger partial charge in [0.05, 0.1) is 28.0 Å². The lowest BCUT2D eigenvalue weighted by molar-refractivity contribution is 0.756. The monoisotopic (exact) mass is 299 g/mol. The molecule has 1 unspecified atom stereocenters. The van der Waals surface area contributed by atoms with E-state index in [4.69, 9.17) is 17.3 Å². The van der Waals surface area contributed by atoms with Crippen LogP contribution in [0.25, 0.3) is 10.9 Å². The van der Waals surface area contributed by atoms with Crippen molar-refractivity contribution < 1.29 is 0 Å². The number of nitrogens with zero attached hydrogens (tertiary/aromatic N) is 3. The zero-order valence-electron chi connectivity index (χ0n) is 11.2. The highest BCUT2D eigenvalue weighted by Gasteiger charge is 2.13. The second-order valence-electron chi connectivity index (χ2n) is 4.56. The Labute approximate surface area is 127 Å². The molecule has 1 aromatic carbocycles. The number of anilines is 1. The third kappa shape index (κ3) is 2.79. The van der Waals surface area contributed by atoms with Crippen LogP contribution < -0.4 is 11.1 Å². The van der Waals surface area contributed by atoms with Gasteiger partial charge in [-0.25, -0.2) is 9.97 Å². The van der Waals surface area contributed by atoms with Crippen LogP contribution in [0.5, 0.6) is 0 Å². The molecule has 0 fully saturated rings. The highest BCUT2D eigenvalue weighted by Crippen LogP contribution is 2.29. The van der Waals surface area contributed by atoms with Gasteiger partial charge in [-0.05, 0) is 30.3 Å². The number of pyridine rings is 1. The van der Waals surface area contributed by atoms with Crippen molar-refractivity contribution in [2.45, 2.75) is 6.04 Å². The molecule has 0 aliphatic carbocycles. The Morgan fingerprint density at radius 3 is 2.81 bits per heavy atom. The van der Waals surface area contributed by atoms with Gasteiger partial charge in [0, 0.05) is 24.3 Å². The fourth-order valence-electron chi connectivity index (χ4n) is 2.20. The first-order chi connectivity index (χ1) is 10.3. The molecular weight excluding hydrogens is 286 g/mol. The normalized spacial score (nSPS) is 12.3. The van der Waals surface area contributed by atoms with E-state index in [1.165, 1.54) is 6.33 Å². The maximum atomic E-state index is 6.20. The molecule has 21 heavy (non-hydrogen) atoms. The quantitative estimate of drug-likeness (QED) is 0.774. The Balaban J connectivity index is 1.99. The van der Waals surface area contributed by atoms with E-state index in [1.807, 2.05) is 30.3 Å². The van der Waals surface area contributed by atoms with E-state index in [0.29, 0.717) is 11.6 Å². The predicted molar refractivity (Wildman–Crippen MR) is 84.2 cm³/mol. The average Bonchev–Trinajstić information content (AvgIpc) is 2.55. The molecule has 0 saturated carbocycles. The van der Waals surface area contributed by atoms with Gasteiger partial charge < -0.3 is 11.1 Å². The molecule has 3 rings (SSSR count). The van der Waals surface area contributed by atoms with Crippen molar-refractivity contribution in [2.75, 3.05) is 11.9 Å². The number of aromatic nitrogens is 3. The third-order valence-electron chi connectivity index (χ3n) is 3.24. The minimum Gasteiger partial charge on any atom is -0.374 e.